The van der Waals surface area contributed by atoms with Gasteiger partial charge in [-0.25, -0.2) is 8.42 Å². The van der Waals surface area contributed by atoms with Gasteiger partial charge in [-0.2, -0.15) is 4.31 Å². The van der Waals surface area contributed by atoms with Crippen LogP contribution in [0.1, 0.15) is 19.3 Å². The van der Waals surface area contributed by atoms with Gasteiger partial charge in [-0.1, -0.05) is 0 Å². The van der Waals surface area contributed by atoms with Gasteiger partial charge >= 0.3 is 0 Å². The van der Waals surface area contributed by atoms with Crippen LogP contribution in [0.15, 0.2) is 24.3 Å². The quantitative estimate of drug-likeness (QED) is 0.833. The van der Waals surface area contributed by atoms with E-state index in [0.717, 1.165) is 30.8 Å². The second-order valence-corrected chi connectivity index (χ2v) is 7.76. The number of benzene rings is 1. The molecule has 0 N–H and O–H groups in total. The Bertz CT molecular complexity index is 599. The Morgan fingerprint density at radius 2 is 1.86 bits per heavy atom. The second-order valence-electron chi connectivity index (χ2n) is 5.87. The van der Waals surface area contributed by atoms with E-state index in [1.165, 1.54) is 6.26 Å². The normalized spacial score (nSPS) is 28.8. The molecule has 0 aromatic heterocycles. The molecule has 5 nitrogen and oxygen atoms in total. The Balaban J connectivity index is 1.68. The van der Waals surface area contributed by atoms with E-state index in [2.05, 4.69) is 0 Å². The van der Waals surface area contributed by atoms with Gasteiger partial charge < -0.3 is 9.47 Å². The van der Waals surface area contributed by atoms with Crippen LogP contribution < -0.4 is 9.47 Å². The van der Waals surface area contributed by atoms with Crippen LogP contribution in [0.5, 0.6) is 11.5 Å². The number of sulfonamides is 1. The topological polar surface area (TPSA) is 55.8 Å². The average molecular weight is 311 g/mol. The number of rotatable bonds is 5. The number of hydrogen-bond donors (Lipinski definition) is 0. The van der Waals surface area contributed by atoms with Crippen LogP contribution in [0, 0.1) is 5.92 Å². The number of fused-ring (bicyclic) bond motifs is 2. The number of nitrogens with zero attached hydrogens (tertiary/aromatic N) is 1. The molecule has 116 valence electrons. The van der Waals surface area contributed by atoms with Gasteiger partial charge in [0.05, 0.1) is 19.4 Å². The Labute approximate surface area is 125 Å². The molecule has 1 aliphatic heterocycles. The number of methoxy groups -OCH3 is 1. The van der Waals surface area contributed by atoms with Crippen LogP contribution >= 0.6 is 0 Å². The van der Waals surface area contributed by atoms with E-state index in [1.54, 1.807) is 11.4 Å². The van der Waals surface area contributed by atoms with Crippen LogP contribution in [-0.2, 0) is 10.0 Å². The molecule has 0 amide bonds. The monoisotopic (exact) mass is 311 g/mol. The summed E-state index contributed by atoms with van der Waals surface area (Å²) in [5.41, 5.74) is 0. The van der Waals surface area contributed by atoms with Crippen LogP contribution in [0.3, 0.4) is 0 Å². The van der Waals surface area contributed by atoms with Crippen molar-refractivity contribution in [2.24, 2.45) is 5.92 Å². The number of piperidine rings is 1. The third-order valence-electron chi connectivity index (χ3n) is 4.54. The lowest BCUT2D eigenvalue weighted by Crippen LogP contribution is -2.47. The maximum Gasteiger partial charge on any atom is 0.211 e. The van der Waals surface area contributed by atoms with Gasteiger partial charge in [-0.15, -0.1) is 0 Å². The molecule has 2 aliphatic rings. The second kappa shape index (κ2) is 5.50. The van der Waals surface area contributed by atoms with Crippen LogP contribution in [0.25, 0.3) is 0 Å². The maximum atomic E-state index is 12.0. The molecule has 1 saturated carbocycles. The summed E-state index contributed by atoms with van der Waals surface area (Å²) in [5.74, 6) is 1.95. The summed E-state index contributed by atoms with van der Waals surface area (Å²) in [5, 5.41) is 0. The predicted octanol–water partition coefficient (Wildman–Crippen LogP) is 1.89. The lowest BCUT2D eigenvalue weighted by molar-refractivity contribution is 0.163. The first-order chi connectivity index (χ1) is 9.99. The van der Waals surface area contributed by atoms with E-state index >= 15 is 0 Å². The van der Waals surface area contributed by atoms with Gasteiger partial charge in [-0.3, -0.25) is 0 Å². The minimum atomic E-state index is -3.16. The molecule has 1 aromatic rings. The molecule has 0 unspecified atom stereocenters. The molecule has 6 heteroatoms. The first-order valence-corrected chi connectivity index (χ1v) is 9.09. The lowest BCUT2D eigenvalue weighted by atomic mass is 10.0. The van der Waals surface area contributed by atoms with E-state index in [-0.39, 0.29) is 12.1 Å². The maximum absolute atomic E-state index is 12.0. The van der Waals surface area contributed by atoms with Gasteiger partial charge in [0.25, 0.3) is 0 Å². The largest absolute Gasteiger partial charge is 0.497 e. The van der Waals surface area contributed by atoms with Crippen LogP contribution in [-0.4, -0.2) is 44.8 Å². The molecule has 0 spiro atoms. The summed E-state index contributed by atoms with van der Waals surface area (Å²) in [4.78, 5) is 0. The molecule has 2 fully saturated rings. The minimum absolute atomic E-state index is 0.0270. The average Bonchev–Trinajstić information content (AvgIpc) is 3.05. The zero-order valence-electron chi connectivity index (χ0n) is 12.4. The van der Waals surface area contributed by atoms with E-state index in [4.69, 9.17) is 9.47 Å². The van der Waals surface area contributed by atoms with Gasteiger partial charge in [-0.05, 0) is 49.4 Å². The number of ether oxygens (including phenoxy) is 2. The highest BCUT2D eigenvalue weighted by atomic mass is 32.2. The molecule has 2 bridgehead atoms. The van der Waals surface area contributed by atoms with Crippen LogP contribution in [0.4, 0.5) is 0 Å². The van der Waals surface area contributed by atoms with Crippen molar-refractivity contribution in [3.05, 3.63) is 24.3 Å². The summed E-state index contributed by atoms with van der Waals surface area (Å²) >= 11 is 0. The van der Waals surface area contributed by atoms with Crippen molar-refractivity contribution in [2.75, 3.05) is 20.0 Å². The van der Waals surface area contributed by atoms with Crippen molar-refractivity contribution >= 4 is 10.0 Å². The van der Waals surface area contributed by atoms with Crippen molar-refractivity contribution in [3.8, 4) is 11.5 Å². The summed E-state index contributed by atoms with van der Waals surface area (Å²) < 4.78 is 36.5. The lowest BCUT2D eigenvalue weighted by Gasteiger charge is -2.33. The minimum Gasteiger partial charge on any atom is -0.497 e. The molecular weight excluding hydrogens is 290 g/mol. The highest BCUT2D eigenvalue weighted by Crippen LogP contribution is 2.43. The zero-order valence-corrected chi connectivity index (χ0v) is 13.2. The Morgan fingerprint density at radius 1 is 1.19 bits per heavy atom. The third-order valence-corrected chi connectivity index (χ3v) is 5.87. The first-order valence-electron chi connectivity index (χ1n) is 7.24. The predicted molar refractivity (Wildman–Crippen MR) is 80.1 cm³/mol. The molecule has 1 aromatic carbocycles. The highest BCUT2D eigenvalue weighted by molar-refractivity contribution is 7.88. The first kappa shape index (κ1) is 14.7. The molecule has 1 saturated heterocycles. The molecule has 3 atom stereocenters. The SMILES string of the molecule is COc1ccc(OC[C@@H]2[C@@H]3CC[C@H](C3)N2S(C)(=O)=O)cc1. The molecule has 1 heterocycles. The fourth-order valence-corrected chi connectivity index (χ4v) is 5.09. The highest BCUT2D eigenvalue weighted by Gasteiger charge is 2.50. The van der Waals surface area contributed by atoms with E-state index in [0.29, 0.717) is 12.5 Å². The fourth-order valence-electron chi connectivity index (χ4n) is 3.63. The van der Waals surface area contributed by atoms with Crippen molar-refractivity contribution in [2.45, 2.75) is 31.3 Å². The van der Waals surface area contributed by atoms with Crippen molar-refractivity contribution in [1.82, 2.24) is 4.31 Å². The Hall–Kier alpha value is -1.27. The summed E-state index contributed by atoms with van der Waals surface area (Å²) in [7, 11) is -1.54. The van der Waals surface area contributed by atoms with Gasteiger partial charge in [0, 0.05) is 6.04 Å². The summed E-state index contributed by atoms with van der Waals surface area (Å²) in [6, 6.07) is 7.51. The van der Waals surface area contributed by atoms with Crippen molar-refractivity contribution < 1.29 is 17.9 Å². The molecule has 1 aliphatic carbocycles. The van der Waals surface area contributed by atoms with Crippen molar-refractivity contribution in [3.63, 3.8) is 0 Å². The molecule has 21 heavy (non-hydrogen) atoms. The van der Waals surface area contributed by atoms with E-state index < -0.39 is 10.0 Å². The standard InChI is InChI=1S/C15H21NO4S/c1-19-13-5-7-14(8-6-13)20-10-15-11-3-4-12(9-11)16(15)21(2,17)18/h5-8,11-12,15H,3-4,9-10H2,1-2H3/t11-,12-,15-/m1/s1. The fraction of sp³-hybridized carbons (Fsp3) is 0.600. The molecule has 0 radical (unpaired) electrons. The number of hydrogen-bond acceptors (Lipinski definition) is 4. The van der Waals surface area contributed by atoms with Gasteiger partial charge in [0.15, 0.2) is 0 Å². The third kappa shape index (κ3) is 2.87. The van der Waals surface area contributed by atoms with Crippen molar-refractivity contribution in [1.29, 1.82) is 0 Å². The molecular formula is C15H21NO4S. The summed E-state index contributed by atoms with van der Waals surface area (Å²) in [6.07, 6.45) is 4.36. The van der Waals surface area contributed by atoms with E-state index in [1.807, 2.05) is 24.3 Å². The van der Waals surface area contributed by atoms with Gasteiger partial charge in [0.2, 0.25) is 10.0 Å². The van der Waals surface area contributed by atoms with Gasteiger partial charge in [0.1, 0.15) is 18.1 Å². The smallest absolute Gasteiger partial charge is 0.211 e. The van der Waals surface area contributed by atoms with E-state index in [9.17, 15) is 8.42 Å². The van der Waals surface area contributed by atoms with Crippen LogP contribution in [0.2, 0.25) is 0 Å². The summed E-state index contributed by atoms with van der Waals surface area (Å²) in [6.45, 7) is 0.417. The Morgan fingerprint density at radius 3 is 2.48 bits per heavy atom. The zero-order chi connectivity index (χ0) is 15.0. The molecule has 3 rings (SSSR count). The Kier molecular flexibility index (Phi) is 3.84.